The largest absolute Gasteiger partial charge is 0.459 e. The molecule has 0 saturated carbocycles. The Morgan fingerprint density at radius 1 is 1.44 bits per heavy atom. The molecule has 2 aliphatic heterocycles. The van der Waals surface area contributed by atoms with Gasteiger partial charge in [0, 0.05) is 5.92 Å². The summed E-state index contributed by atoms with van der Waals surface area (Å²) in [5.41, 5.74) is 0. The first-order valence-corrected chi connectivity index (χ1v) is 3.13. The van der Waals surface area contributed by atoms with Crippen molar-refractivity contribution in [1.82, 2.24) is 0 Å². The van der Waals surface area contributed by atoms with Gasteiger partial charge >= 0.3 is 5.97 Å². The van der Waals surface area contributed by atoms with Gasteiger partial charge < -0.3 is 9.47 Å². The Balaban J connectivity index is 2.09. The van der Waals surface area contributed by atoms with Crippen LogP contribution in [0, 0.1) is 5.92 Å². The summed E-state index contributed by atoms with van der Waals surface area (Å²) in [6.45, 7) is 1.31. The van der Waals surface area contributed by atoms with Crippen LogP contribution in [-0.4, -0.2) is 25.3 Å². The molecule has 0 amide bonds. The average Bonchev–Trinajstić information content (AvgIpc) is 2.22. The van der Waals surface area contributed by atoms with Crippen molar-refractivity contribution in [1.29, 1.82) is 0 Å². The average molecular weight is 128 g/mol. The lowest BCUT2D eigenvalue weighted by Crippen LogP contribution is -2.12. The van der Waals surface area contributed by atoms with Crippen LogP contribution in [-0.2, 0) is 14.3 Å². The molecule has 2 fully saturated rings. The van der Waals surface area contributed by atoms with Gasteiger partial charge in [0.25, 0.3) is 0 Å². The standard InChI is InChI=1S/C6H8O3/c7-6-1-4-2-8-3-5(4)9-6/h4-5H,1-3H2/t4-,5-/m1/s1. The summed E-state index contributed by atoms with van der Waals surface area (Å²) in [4.78, 5) is 10.6. The summed E-state index contributed by atoms with van der Waals surface area (Å²) in [7, 11) is 0. The second-order valence-electron chi connectivity index (χ2n) is 2.53. The van der Waals surface area contributed by atoms with E-state index < -0.39 is 0 Å². The minimum atomic E-state index is -0.0618. The molecule has 0 aromatic rings. The molecule has 9 heavy (non-hydrogen) atoms. The summed E-state index contributed by atoms with van der Waals surface area (Å²) < 4.78 is 10.0. The number of rotatable bonds is 0. The molecule has 3 heteroatoms. The van der Waals surface area contributed by atoms with Crippen LogP contribution in [0.3, 0.4) is 0 Å². The van der Waals surface area contributed by atoms with Crippen LogP contribution in [0.15, 0.2) is 0 Å². The van der Waals surface area contributed by atoms with Crippen molar-refractivity contribution in [2.45, 2.75) is 12.5 Å². The number of hydrogen-bond donors (Lipinski definition) is 0. The topological polar surface area (TPSA) is 35.5 Å². The molecule has 3 nitrogen and oxygen atoms in total. The summed E-state index contributed by atoms with van der Waals surface area (Å²) in [6.07, 6.45) is 0.641. The minimum absolute atomic E-state index is 0.0618. The summed E-state index contributed by atoms with van der Waals surface area (Å²) in [5.74, 6) is 0.297. The fourth-order valence-corrected chi connectivity index (χ4v) is 1.33. The van der Waals surface area contributed by atoms with E-state index in [2.05, 4.69) is 0 Å². The predicted octanol–water partition coefficient (Wildman–Crippen LogP) is -0.0517. The van der Waals surface area contributed by atoms with Crippen molar-refractivity contribution in [3.63, 3.8) is 0 Å². The molecule has 2 saturated heterocycles. The second-order valence-corrected chi connectivity index (χ2v) is 2.53. The Labute approximate surface area is 52.9 Å². The summed E-state index contributed by atoms with van der Waals surface area (Å²) >= 11 is 0. The number of fused-ring (bicyclic) bond motifs is 1. The van der Waals surface area contributed by atoms with Gasteiger partial charge in [-0.15, -0.1) is 0 Å². The van der Waals surface area contributed by atoms with Crippen molar-refractivity contribution in [2.75, 3.05) is 13.2 Å². The highest BCUT2D eigenvalue weighted by Crippen LogP contribution is 2.27. The van der Waals surface area contributed by atoms with Gasteiger partial charge in [-0.1, -0.05) is 0 Å². The molecule has 0 unspecified atom stereocenters. The Morgan fingerprint density at radius 2 is 2.33 bits per heavy atom. The Hall–Kier alpha value is -0.570. The smallest absolute Gasteiger partial charge is 0.306 e. The first-order chi connectivity index (χ1) is 4.36. The van der Waals surface area contributed by atoms with Crippen molar-refractivity contribution in [2.24, 2.45) is 5.92 Å². The van der Waals surface area contributed by atoms with Crippen LogP contribution >= 0.6 is 0 Å². The van der Waals surface area contributed by atoms with Crippen LogP contribution in [0.4, 0.5) is 0 Å². The zero-order valence-electron chi connectivity index (χ0n) is 5.00. The highest BCUT2D eigenvalue weighted by atomic mass is 16.6. The van der Waals surface area contributed by atoms with Gasteiger partial charge in [0.1, 0.15) is 6.10 Å². The SMILES string of the molecule is O=C1C[C@@H]2COC[C@H]2O1. The van der Waals surface area contributed by atoms with Gasteiger partial charge in [-0.2, -0.15) is 0 Å². The van der Waals surface area contributed by atoms with E-state index in [9.17, 15) is 4.79 Å². The lowest BCUT2D eigenvalue weighted by atomic mass is 10.1. The molecule has 0 aromatic carbocycles. The van der Waals surface area contributed by atoms with E-state index in [1.165, 1.54) is 0 Å². The van der Waals surface area contributed by atoms with Crippen molar-refractivity contribution < 1.29 is 14.3 Å². The molecule has 0 spiro atoms. The second kappa shape index (κ2) is 1.70. The van der Waals surface area contributed by atoms with E-state index in [-0.39, 0.29) is 12.1 Å². The van der Waals surface area contributed by atoms with Crippen LogP contribution in [0.2, 0.25) is 0 Å². The van der Waals surface area contributed by atoms with Crippen molar-refractivity contribution in [3.8, 4) is 0 Å². The highest BCUT2D eigenvalue weighted by molar-refractivity contribution is 5.72. The van der Waals surface area contributed by atoms with Gasteiger partial charge in [0.05, 0.1) is 19.6 Å². The molecule has 0 radical (unpaired) electrons. The predicted molar refractivity (Wildman–Crippen MR) is 28.8 cm³/mol. The fourth-order valence-electron chi connectivity index (χ4n) is 1.33. The lowest BCUT2D eigenvalue weighted by Gasteiger charge is -2.01. The van der Waals surface area contributed by atoms with E-state index in [4.69, 9.17) is 9.47 Å². The normalized spacial score (nSPS) is 40.7. The quantitative estimate of drug-likeness (QED) is 0.429. The molecule has 0 aliphatic carbocycles. The zero-order chi connectivity index (χ0) is 6.27. The van der Waals surface area contributed by atoms with E-state index >= 15 is 0 Å². The maximum absolute atomic E-state index is 10.6. The van der Waals surface area contributed by atoms with E-state index in [0.717, 1.165) is 0 Å². The summed E-state index contributed by atoms with van der Waals surface area (Å²) in [5, 5.41) is 0. The van der Waals surface area contributed by atoms with Gasteiger partial charge in [-0.3, -0.25) is 4.79 Å². The van der Waals surface area contributed by atoms with E-state index in [0.29, 0.717) is 25.6 Å². The first kappa shape index (κ1) is 5.23. The van der Waals surface area contributed by atoms with Crippen LogP contribution in [0.25, 0.3) is 0 Å². The van der Waals surface area contributed by atoms with Crippen LogP contribution in [0.5, 0.6) is 0 Å². The van der Waals surface area contributed by atoms with Crippen LogP contribution in [0.1, 0.15) is 6.42 Å². The Morgan fingerprint density at radius 3 is 3.11 bits per heavy atom. The van der Waals surface area contributed by atoms with Gasteiger partial charge in [-0.05, 0) is 0 Å². The third-order valence-corrected chi connectivity index (χ3v) is 1.85. The monoisotopic (exact) mass is 128 g/mol. The first-order valence-electron chi connectivity index (χ1n) is 3.13. The van der Waals surface area contributed by atoms with E-state index in [1.807, 2.05) is 0 Å². The minimum Gasteiger partial charge on any atom is -0.459 e. The van der Waals surface area contributed by atoms with Crippen LogP contribution < -0.4 is 0 Å². The molecule has 2 rings (SSSR count). The van der Waals surface area contributed by atoms with Crippen molar-refractivity contribution >= 4 is 5.97 Å². The van der Waals surface area contributed by atoms with Gasteiger partial charge in [-0.25, -0.2) is 0 Å². The lowest BCUT2D eigenvalue weighted by molar-refractivity contribution is -0.142. The molecule has 2 aliphatic rings. The molecule has 2 atom stereocenters. The third kappa shape index (κ3) is 0.721. The fraction of sp³-hybridized carbons (Fsp3) is 0.833. The molecule has 0 N–H and O–H groups in total. The van der Waals surface area contributed by atoms with Gasteiger partial charge in [0.2, 0.25) is 0 Å². The number of carbonyl (C=O) groups excluding carboxylic acids is 1. The zero-order valence-corrected chi connectivity index (χ0v) is 5.00. The third-order valence-electron chi connectivity index (χ3n) is 1.85. The Bertz CT molecular complexity index is 129. The Kier molecular flexibility index (Phi) is 0.990. The summed E-state index contributed by atoms with van der Waals surface area (Å²) in [6, 6.07) is 0. The molecule has 0 bridgehead atoms. The maximum atomic E-state index is 10.6. The number of ether oxygens (including phenoxy) is 2. The molecular formula is C6H8O3. The van der Waals surface area contributed by atoms with Gasteiger partial charge in [0.15, 0.2) is 0 Å². The number of hydrogen-bond acceptors (Lipinski definition) is 3. The highest BCUT2D eigenvalue weighted by Gasteiger charge is 2.38. The molecular weight excluding hydrogens is 120 g/mol. The number of esters is 1. The molecule has 2 heterocycles. The number of carbonyl (C=O) groups is 1. The molecule has 0 aromatic heterocycles. The molecule has 50 valence electrons. The maximum Gasteiger partial charge on any atom is 0.306 e. The van der Waals surface area contributed by atoms with E-state index in [1.54, 1.807) is 0 Å². The van der Waals surface area contributed by atoms with Crippen molar-refractivity contribution in [3.05, 3.63) is 0 Å².